The standard InChI is InChI=1S/C10H26OSi2/c1-7-9-13(5,6)10(3,8-2)11-12-4/h7-9,12H2,1-6H3. The largest absolute Gasteiger partial charge is 0.422 e. The highest BCUT2D eigenvalue weighted by molar-refractivity contribution is 6.80. The summed E-state index contributed by atoms with van der Waals surface area (Å²) in [6, 6.07) is 1.39. The lowest BCUT2D eigenvalue weighted by atomic mass is 10.3. The molecule has 0 heterocycles. The van der Waals surface area contributed by atoms with Gasteiger partial charge in [-0.15, -0.1) is 0 Å². The van der Waals surface area contributed by atoms with Crippen molar-refractivity contribution >= 4 is 17.8 Å². The van der Waals surface area contributed by atoms with Crippen molar-refractivity contribution in [1.82, 2.24) is 0 Å². The van der Waals surface area contributed by atoms with Crippen LogP contribution in [0.3, 0.4) is 0 Å². The highest BCUT2D eigenvalue weighted by atomic mass is 28.3. The van der Waals surface area contributed by atoms with Gasteiger partial charge in [0.05, 0.1) is 8.07 Å². The summed E-state index contributed by atoms with van der Waals surface area (Å²) in [6.07, 6.45) is 2.50. The topological polar surface area (TPSA) is 9.23 Å². The second-order valence-electron chi connectivity index (χ2n) is 4.65. The molecule has 0 saturated heterocycles. The normalized spacial score (nSPS) is 18.0. The second kappa shape index (κ2) is 5.32. The van der Waals surface area contributed by atoms with E-state index in [0.29, 0.717) is 0 Å². The summed E-state index contributed by atoms with van der Waals surface area (Å²) in [7, 11) is -1.43. The first-order chi connectivity index (χ1) is 5.93. The highest BCUT2D eigenvalue weighted by Crippen LogP contribution is 2.31. The van der Waals surface area contributed by atoms with Crippen molar-refractivity contribution in [2.75, 3.05) is 0 Å². The zero-order chi connectivity index (χ0) is 10.5. The summed E-state index contributed by atoms with van der Waals surface area (Å²) in [5, 5.41) is 0.240. The average molecular weight is 218 g/mol. The molecule has 0 aromatic carbocycles. The van der Waals surface area contributed by atoms with E-state index >= 15 is 0 Å². The fraction of sp³-hybridized carbons (Fsp3) is 1.00. The SMILES string of the molecule is CCC[Si](C)(C)C(C)(CC)O[SiH2]C. The zero-order valence-electron chi connectivity index (χ0n) is 10.2. The Morgan fingerprint density at radius 3 is 2.15 bits per heavy atom. The van der Waals surface area contributed by atoms with E-state index in [9.17, 15) is 0 Å². The number of hydrogen-bond donors (Lipinski definition) is 0. The van der Waals surface area contributed by atoms with E-state index in [4.69, 9.17) is 4.43 Å². The molecule has 0 saturated carbocycles. The minimum absolute atomic E-state index is 0.240. The van der Waals surface area contributed by atoms with Gasteiger partial charge in [-0.3, -0.25) is 0 Å². The van der Waals surface area contributed by atoms with Crippen molar-refractivity contribution in [2.24, 2.45) is 0 Å². The van der Waals surface area contributed by atoms with Crippen LogP contribution in [0.25, 0.3) is 0 Å². The molecule has 0 amide bonds. The first-order valence-electron chi connectivity index (χ1n) is 5.57. The molecule has 13 heavy (non-hydrogen) atoms. The lowest BCUT2D eigenvalue weighted by Gasteiger charge is -2.42. The quantitative estimate of drug-likeness (QED) is 0.623. The summed E-state index contributed by atoms with van der Waals surface area (Å²) in [4.78, 5) is 0. The molecule has 0 rings (SSSR count). The van der Waals surface area contributed by atoms with E-state index in [1.165, 1.54) is 18.9 Å². The van der Waals surface area contributed by atoms with E-state index < -0.39 is 8.07 Å². The van der Waals surface area contributed by atoms with Crippen molar-refractivity contribution in [3.63, 3.8) is 0 Å². The summed E-state index contributed by atoms with van der Waals surface area (Å²) in [6.45, 7) is 14.1. The minimum atomic E-state index is -1.17. The Kier molecular flexibility index (Phi) is 5.48. The summed E-state index contributed by atoms with van der Waals surface area (Å²) in [5.74, 6) is 0. The van der Waals surface area contributed by atoms with Gasteiger partial charge in [0, 0.05) is 5.22 Å². The van der Waals surface area contributed by atoms with Gasteiger partial charge >= 0.3 is 0 Å². The molecule has 0 aliphatic rings. The fourth-order valence-corrected chi connectivity index (χ4v) is 7.56. The lowest BCUT2D eigenvalue weighted by molar-refractivity contribution is 0.168. The van der Waals surface area contributed by atoms with Crippen molar-refractivity contribution in [2.45, 2.75) is 64.5 Å². The van der Waals surface area contributed by atoms with Gasteiger partial charge < -0.3 is 4.43 Å². The number of rotatable bonds is 6. The lowest BCUT2D eigenvalue weighted by Crippen LogP contribution is -2.54. The van der Waals surface area contributed by atoms with Crippen LogP contribution in [0, 0.1) is 0 Å². The summed E-state index contributed by atoms with van der Waals surface area (Å²) in [5.41, 5.74) is 0. The van der Waals surface area contributed by atoms with Crippen LogP contribution in [0.15, 0.2) is 0 Å². The monoisotopic (exact) mass is 218 g/mol. The van der Waals surface area contributed by atoms with Gasteiger partial charge in [-0.2, -0.15) is 0 Å². The van der Waals surface area contributed by atoms with Crippen LogP contribution in [0.5, 0.6) is 0 Å². The Hall–Kier alpha value is 0.394. The third-order valence-electron chi connectivity index (χ3n) is 3.44. The molecule has 0 aromatic rings. The predicted octanol–water partition coefficient (Wildman–Crippen LogP) is 2.96. The summed E-state index contributed by atoms with van der Waals surface area (Å²) >= 11 is 0. The highest BCUT2D eigenvalue weighted by Gasteiger charge is 2.40. The van der Waals surface area contributed by atoms with Crippen molar-refractivity contribution in [3.8, 4) is 0 Å². The third-order valence-corrected chi connectivity index (χ3v) is 9.77. The summed E-state index contributed by atoms with van der Waals surface area (Å²) < 4.78 is 6.10. The molecular weight excluding hydrogens is 192 g/mol. The van der Waals surface area contributed by atoms with Gasteiger partial charge in [-0.05, 0) is 13.3 Å². The maximum atomic E-state index is 6.10. The van der Waals surface area contributed by atoms with E-state index in [0.717, 1.165) is 0 Å². The maximum absolute atomic E-state index is 6.10. The molecular formula is C10H26OSi2. The van der Waals surface area contributed by atoms with E-state index in [2.05, 4.69) is 40.4 Å². The van der Waals surface area contributed by atoms with Gasteiger partial charge in [0.15, 0.2) is 9.76 Å². The molecule has 1 nitrogen and oxygen atoms in total. The van der Waals surface area contributed by atoms with E-state index in [1.54, 1.807) is 0 Å². The van der Waals surface area contributed by atoms with Gasteiger partial charge in [-0.1, -0.05) is 46.0 Å². The van der Waals surface area contributed by atoms with Crippen molar-refractivity contribution in [1.29, 1.82) is 0 Å². The van der Waals surface area contributed by atoms with E-state index in [-0.39, 0.29) is 15.0 Å². The molecule has 0 bridgehead atoms. The molecule has 0 aliphatic heterocycles. The molecule has 0 aliphatic carbocycles. The molecule has 1 unspecified atom stereocenters. The third kappa shape index (κ3) is 3.22. The second-order valence-corrected chi connectivity index (χ2v) is 10.8. The fourth-order valence-electron chi connectivity index (χ4n) is 1.98. The predicted molar refractivity (Wildman–Crippen MR) is 66.8 cm³/mol. The smallest absolute Gasteiger partial charge is 0.158 e. The van der Waals surface area contributed by atoms with Crippen LogP contribution in [-0.4, -0.2) is 23.1 Å². The molecule has 0 spiro atoms. The van der Waals surface area contributed by atoms with Crippen molar-refractivity contribution < 1.29 is 4.43 Å². The first-order valence-corrected chi connectivity index (χ1v) is 10.8. The molecule has 1 atom stereocenters. The van der Waals surface area contributed by atoms with Gasteiger partial charge in [0.2, 0.25) is 0 Å². The first kappa shape index (κ1) is 13.4. The Labute approximate surface area is 87.2 Å². The van der Waals surface area contributed by atoms with Gasteiger partial charge in [-0.25, -0.2) is 0 Å². The molecule has 0 N–H and O–H groups in total. The van der Waals surface area contributed by atoms with Crippen LogP contribution in [0.2, 0.25) is 25.7 Å². The van der Waals surface area contributed by atoms with Gasteiger partial charge in [0.25, 0.3) is 0 Å². The average Bonchev–Trinajstić information content (AvgIpc) is 2.04. The molecule has 80 valence electrons. The van der Waals surface area contributed by atoms with Crippen LogP contribution in [-0.2, 0) is 4.43 Å². The van der Waals surface area contributed by atoms with Crippen LogP contribution in [0.4, 0.5) is 0 Å². The molecule has 0 radical (unpaired) electrons. The Morgan fingerprint density at radius 2 is 1.85 bits per heavy atom. The molecule has 0 aromatic heterocycles. The van der Waals surface area contributed by atoms with E-state index in [1.807, 2.05) is 0 Å². The van der Waals surface area contributed by atoms with Crippen molar-refractivity contribution in [3.05, 3.63) is 0 Å². The molecule has 0 fully saturated rings. The Balaban J connectivity index is 4.51. The zero-order valence-corrected chi connectivity index (χ0v) is 12.7. The molecule has 3 heteroatoms. The maximum Gasteiger partial charge on any atom is 0.158 e. The Morgan fingerprint density at radius 1 is 1.31 bits per heavy atom. The van der Waals surface area contributed by atoms with Gasteiger partial charge in [0.1, 0.15) is 0 Å². The van der Waals surface area contributed by atoms with Crippen LogP contribution < -0.4 is 0 Å². The van der Waals surface area contributed by atoms with Crippen LogP contribution in [0.1, 0.15) is 33.6 Å². The number of hydrogen-bond acceptors (Lipinski definition) is 1. The Bertz CT molecular complexity index is 148. The van der Waals surface area contributed by atoms with Crippen LogP contribution >= 0.6 is 0 Å². The minimum Gasteiger partial charge on any atom is -0.422 e.